The molecule has 0 saturated heterocycles. The fraction of sp³-hybridized carbons (Fsp3) is 0.200. The maximum absolute atomic E-state index is 6.17. The summed E-state index contributed by atoms with van der Waals surface area (Å²) in [6, 6.07) is 10.4. The number of benzene rings is 1. The van der Waals surface area contributed by atoms with Crippen molar-refractivity contribution in [2.45, 2.75) is 12.5 Å². The standard InChI is InChI=1S/C10H13ClSi/c1-3-12(11)9(2)10-7-5-4-6-8-10/h3-9,12H,1H2,2H3. The minimum Gasteiger partial charge on any atom is -0.166 e. The fourth-order valence-corrected chi connectivity index (χ4v) is 2.58. The summed E-state index contributed by atoms with van der Waals surface area (Å²) in [6.07, 6.45) is 0. The van der Waals surface area contributed by atoms with Crippen LogP contribution in [0.2, 0.25) is 0 Å². The Morgan fingerprint density at radius 2 is 2.00 bits per heavy atom. The molecule has 2 atom stereocenters. The van der Waals surface area contributed by atoms with E-state index in [0.717, 1.165) is 0 Å². The van der Waals surface area contributed by atoms with E-state index in [2.05, 4.69) is 25.6 Å². The van der Waals surface area contributed by atoms with Crippen LogP contribution in [0.5, 0.6) is 0 Å². The van der Waals surface area contributed by atoms with E-state index >= 15 is 0 Å². The van der Waals surface area contributed by atoms with Crippen LogP contribution < -0.4 is 0 Å². The molecule has 0 spiro atoms. The summed E-state index contributed by atoms with van der Waals surface area (Å²) in [5.74, 6) is 0. The zero-order valence-corrected chi connectivity index (χ0v) is 9.11. The lowest BCUT2D eigenvalue weighted by Gasteiger charge is -2.12. The van der Waals surface area contributed by atoms with Gasteiger partial charge in [0.1, 0.15) is 0 Å². The van der Waals surface area contributed by atoms with E-state index in [0.29, 0.717) is 5.54 Å². The Bertz CT molecular complexity index is 245. The van der Waals surface area contributed by atoms with Crippen molar-refractivity contribution in [3.05, 3.63) is 48.2 Å². The molecule has 0 saturated carbocycles. The van der Waals surface area contributed by atoms with Gasteiger partial charge in [-0.15, -0.1) is 6.58 Å². The predicted octanol–water partition coefficient (Wildman–Crippen LogP) is 3.02. The second-order valence-corrected chi connectivity index (χ2v) is 6.75. The van der Waals surface area contributed by atoms with Crippen molar-refractivity contribution in [3.63, 3.8) is 0 Å². The molecular formula is C10H13ClSi. The second-order valence-electron chi connectivity index (χ2n) is 2.88. The van der Waals surface area contributed by atoms with E-state index in [1.165, 1.54) is 5.56 Å². The minimum atomic E-state index is -1.27. The molecule has 0 aromatic heterocycles. The van der Waals surface area contributed by atoms with Gasteiger partial charge in [-0.2, -0.15) is 11.1 Å². The average Bonchev–Trinajstić information content (AvgIpc) is 2.17. The second kappa shape index (κ2) is 4.48. The van der Waals surface area contributed by atoms with E-state index in [4.69, 9.17) is 11.1 Å². The maximum Gasteiger partial charge on any atom is 0.170 e. The molecule has 0 aliphatic heterocycles. The highest BCUT2D eigenvalue weighted by Gasteiger charge is 2.13. The van der Waals surface area contributed by atoms with Gasteiger partial charge >= 0.3 is 0 Å². The number of hydrogen-bond acceptors (Lipinski definition) is 0. The number of halogens is 1. The van der Waals surface area contributed by atoms with Crippen LogP contribution in [0.3, 0.4) is 0 Å². The third-order valence-electron chi connectivity index (χ3n) is 2.03. The first-order valence-corrected chi connectivity index (χ1v) is 7.15. The van der Waals surface area contributed by atoms with Crippen LogP contribution in [0.1, 0.15) is 18.0 Å². The van der Waals surface area contributed by atoms with Gasteiger partial charge in [0.25, 0.3) is 0 Å². The molecule has 0 N–H and O–H groups in total. The van der Waals surface area contributed by atoms with Crippen LogP contribution in [0.4, 0.5) is 0 Å². The lowest BCUT2D eigenvalue weighted by Crippen LogP contribution is -2.11. The Labute approximate surface area is 80.2 Å². The number of rotatable bonds is 3. The van der Waals surface area contributed by atoms with Crippen LogP contribution in [-0.4, -0.2) is 8.11 Å². The van der Waals surface area contributed by atoms with Crippen LogP contribution in [-0.2, 0) is 0 Å². The molecule has 0 aliphatic rings. The Kier molecular flexibility index (Phi) is 3.57. The van der Waals surface area contributed by atoms with Gasteiger partial charge in [0, 0.05) is 0 Å². The Hall–Kier alpha value is -0.533. The molecule has 0 nitrogen and oxygen atoms in total. The molecule has 64 valence electrons. The highest BCUT2D eigenvalue weighted by atomic mass is 35.6. The van der Waals surface area contributed by atoms with Gasteiger partial charge in [0.05, 0.1) is 0 Å². The topological polar surface area (TPSA) is 0 Å². The molecular weight excluding hydrogens is 184 g/mol. The summed E-state index contributed by atoms with van der Waals surface area (Å²) >= 11 is 6.17. The molecule has 0 aliphatic carbocycles. The van der Waals surface area contributed by atoms with Crippen LogP contribution in [0.15, 0.2) is 42.6 Å². The molecule has 0 amide bonds. The van der Waals surface area contributed by atoms with Crippen molar-refractivity contribution in [2.24, 2.45) is 0 Å². The molecule has 1 aromatic rings. The molecule has 0 radical (unpaired) electrons. The first-order valence-electron chi connectivity index (χ1n) is 4.07. The normalized spacial score (nSPS) is 15.2. The van der Waals surface area contributed by atoms with Gasteiger partial charge in [0.2, 0.25) is 0 Å². The molecule has 1 rings (SSSR count). The van der Waals surface area contributed by atoms with E-state index in [1.807, 2.05) is 23.9 Å². The van der Waals surface area contributed by atoms with Crippen molar-refractivity contribution in [3.8, 4) is 0 Å². The van der Waals surface area contributed by atoms with Crippen molar-refractivity contribution in [1.82, 2.24) is 0 Å². The smallest absolute Gasteiger partial charge is 0.166 e. The predicted molar refractivity (Wildman–Crippen MR) is 58.1 cm³/mol. The SMILES string of the molecule is C=C[SiH](Cl)C(C)c1ccccc1. The molecule has 12 heavy (non-hydrogen) atoms. The summed E-state index contributed by atoms with van der Waals surface area (Å²) in [5.41, 5.74) is 3.72. The van der Waals surface area contributed by atoms with Gasteiger partial charge in [-0.05, 0) is 11.1 Å². The van der Waals surface area contributed by atoms with E-state index in [9.17, 15) is 0 Å². The van der Waals surface area contributed by atoms with E-state index < -0.39 is 8.11 Å². The summed E-state index contributed by atoms with van der Waals surface area (Å²) in [6.45, 7) is 5.90. The third kappa shape index (κ3) is 2.22. The van der Waals surface area contributed by atoms with E-state index in [1.54, 1.807) is 0 Å². The molecule has 1 aromatic carbocycles. The van der Waals surface area contributed by atoms with Gasteiger partial charge in [0.15, 0.2) is 8.11 Å². The number of hydrogen-bond donors (Lipinski definition) is 0. The molecule has 0 heterocycles. The van der Waals surface area contributed by atoms with Crippen molar-refractivity contribution >= 4 is 19.2 Å². The molecule has 0 fully saturated rings. The van der Waals surface area contributed by atoms with E-state index in [-0.39, 0.29) is 0 Å². The third-order valence-corrected chi connectivity index (χ3v) is 5.49. The Morgan fingerprint density at radius 1 is 1.42 bits per heavy atom. The summed E-state index contributed by atoms with van der Waals surface area (Å²) < 4.78 is 0. The van der Waals surface area contributed by atoms with Crippen LogP contribution >= 0.6 is 11.1 Å². The quantitative estimate of drug-likeness (QED) is 0.515. The summed E-state index contributed by atoms with van der Waals surface area (Å²) in [7, 11) is -1.27. The van der Waals surface area contributed by atoms with Crippen LogP contribution in [0.25, 0.3) is 0 Å². The van der Waals surface area contributed by atoms with Gasteiger partial charge in [-0.3, -0.25) is 0 Å². The van der Waals surface area contributed by atoms with Crippen molar-refractivity contribution in [2.75, 3.05) is 0 Å². The lowest BCUT2D eigenvalue weighted by molar-refractivity contribution is 1.07. The van der Waals surface area contributed by atoms with Gasteiger partial charge in [-0.1, -0.05) is 43.0 Å². The van der Waals surface area contributed by atoms with Gasteiger partial charge < -0.3 is 0 Å². The average molecular weight is 197 g/mol. The molecule has 2 unspecified atom stereocenters. The first-order chi connectivity index (χ1) is 5.75. The Balaban J connectivity index is 2.78. The fourth-order valence-electron chi connectivity index (χ4n) is 1.14. The molecule has 2 heteroatoms. The molecule has 0 bridgehead atoms. The zero-order valence-electron chi connectivity index (χ0n) is 7.20. The van der Waals surface area contributed by atoms with Crippen molar-refractivity contribution < 1.29 is 0 Å². The maximum atomic E-state index is 6.17. The van der Waals surface area contributed by atoms with Crippen LogP contribution in [0, 0.1) is 0 Å². The monoisotopic (exact) mass is 196 g/mol. The minimum absolute atomic E-state index is 0.477. The van der Waals surface area contributed by atoms with Gasteiger partial charge in [-0.25, -0.2) is 0 Å². The first kappa shape index (κ1) is 9.55. The van der Waals surface area contributed by atoms with Crippen molar-refractivity contribution in [1.29, 1.82) is 0 Å². The Morgan fingerprint density at radius 3 is 2.50 bits per heavy atom. The largest absolute Gasteiger partial charge is 0.170 e. The summed E-state index contributed by atoms with van der Waals surface area (Å²) in [5, 5.41) is 0. The zero-order chi connectivity index (χ0) is 8.97. The highest BCUT2D eigenvalue weighted by molar-refractivity contribution is 7.10. The summed E-state index contributed by atoms with van der Waals surface area (Å²) in [4.78, 5) is 0. The lowest BCUT2D eigenvalue weighted by atomic mass is 10.2. The highest BCUT2D eigenvalue weighted by Crippen LogP contribution is 2.20.